The van der Waals surface area contributed by atoms with E-state index in [-0.39, 0.29) is 11.4 Å². The molecule has 1 heterocycles. The Balaban J connectivity index is 3.82. The van der Waals surface area contributed by atoms with Gasteiger partial charge in [-0.25, -0.2) is 17.8 Å². The van der Waals surface area contributed by atoms with Gasteiger partial charge in [0.15, 0.2) is 0 Å². The topological polar surface area (TPSA) is 78.1 Å². The van der Waals surface area contributed by atoms with Crippen molar-refractivity contribution in [2.45, 2.75) is 13.8 Å². The van der Waals surface area contributed by atoms with Crippen LogP contribution in [0.3, 0.4) is 0 Å². The molecule has 0 saturated carbocycles. The number of carbonyl (C=O) groups excluding carboxylic acids is 1. The second kappa shape index (κ2) is 3.49. The fraction of sp³-hybridized carbons (Fsp3) is 0.429. The number of imidazole rings is 1. The van der Waals surface area contributed by atoms with Crippen LogP contribution in [0.15, 0.2) is 4.79 Å². The zero-order valence-corrected chi connectivity index (χ0v) is 9.89. The van der Waals surface area contributed by atoms with Crippen LogP contribution in [0.1, 0.15) is 11.4 Å². The van der Waals surface area contributed by atoms with E-state index in [0.717, 1.165) is 6.26 Å². The second-order valence-electron chi connectivity index (χ2n) is 3.07. The Kier molecular flexibility index (Phi) is 2.79. The fourth-order valence-electron chi connectivity index (χ4n) is 1.28. The van der Waals surface area contributed by atoms with Crippen LogP contribution < -0.4 is 5.69 Å². The van der Waals surface area contributed by atoms with E-state index in [2.05, 4.69) is 0 Å². The fourth-order valence-corrected chi connectivity index (χ4v) is 2.48. The minimum Gasteiger partial charge on any atom is -0.254 e. The van der Waals surface area contributed by atoms with Crippen molar-refractivity contribution < 1.29 is 13.2 Å². The lowest BCUT2D eigenvalue weighted by molar-refractivity contribution is 0.260. The third kappa shape index (κ3) is 1.84. The molecule has 6 nitrogen and oxygen atoms in total. The van der Waals surface area contributed by atoms with Gasteiger partial charge in [-0.2, -0.15) is 3.97 Å². The van der Waals surface area contributed by atoms with E-state index >= 15 is 0 Å². The van der Waals surface area contributed by atoms with E-state index in [1.165, 1.54) is 13.8 Å². The van der Waals surface area contributed by atoms with Gasteiger partial charge >= 0.3 is 11.1 Å². The molecule has 15 heavy (non-hydrogen) atoms. The molecule has 0 aromatic carbocycles. The first-order valence-electron chi connectivity index (χ1n) is 3.89. The van der Waals surface area contributed by atoms with Gasteiger partial charge in [0.1, 0.15) is 0 Å². The maximum absolute atomic E-state index is 11.5. The van der Waals surface area contributed by atoms with Gasteiger partial charge in [-0.15, -0.1) is 0 Å². The van der Waals surface area contributed by atoms with Gasteiger partial charge in [-0.3, -0.25) is 4.79 Å². The van der Waals surface area contributed by atoms with Gasteiger partial charge in [-0.05, 0) is 25.4 Å². The number of nitrogens with zero attached hydrogens (tertiary/aromatic N) is 2. The Morgan fingerprint density at radius 1 is 1.27 bits per heavy atom. The Morgan fingerprint density at radius 3 is 1.93 bits per heavy atom. The van der Waals surface area contributed by atoms with Crippen molar-refractivity contribution in [3.8, 4) is 0 Å². The smallest absolute Gasteiger partial charge is 0.254 e. The van der Waals surface area contributed by atoms with E-state index in [9.17, 15) is 18.0 Å². The summed E-state index contributed by atoms with van der Waals surface area (Å²) in [6.45, 7) is 2.87. The number of aromatic nitrogens is 2. The molecule has 0 fully saturated rings. The van der Waals surface area contributed by atoms with Crippen LogP contribution in [0, 0.1) is 13.8 Å². The zero-order valence-electron chi connectivity index (χ0n) is 8.31. The number of carbonyl (C=O) groups is 1. The number of hydrogen-bond donors (Lipinski definition) is 0. The van der Waals surface area contributed by atoms with Crippen LogP contribution >= 0.6 is 11.6 Å². The predicted molar refractivity (Wildman–Crippen MR) is 55.1 cm³/mol. The second-order valence-corrected chi connectivity index (χ2v) is 5.22. The first-order chi connectivity index (χ1) is 6.68. The third-order valence-corrected chi connectivity index (χ3v) is 3.30. The molecular formula is C7H9ClN2O4S. The molecule has 0 aliphatic rings. The van der Waals surface area contributed by atoms with E-state index in [0.29, 0.717) is 8.54 Å². The highest BCUT2D eigenvalue weighted by molar-refractivity contribution is 7.89. The molecule has 0 spiro atoms. The van der Waals surface area contributed by atoms with E-state index in [1.54, 1.807) is 0 Å². The van der Waals surface area contributed by atoms with Gasteiger partial charge < -0.3 is 0 Å². The largest absolute Gasteiger partial charge is 0.350 e. The van der Waals surface area contributed by atoms with Crippen molar-refractivity contribution in [2.75, 3.05) is 6.26 Å². The molecule has 8 heteroatoms. The molecule has 0 unspecified atom stereocenters. The Hall–Kier alpha value is -1.08. The summed E-state index contributed by atoms with van der Waals surface area (Å²) in [5, 5.41) is -1.02. The van der Waals surface area contributed by atoms with Gasteiger partial charge in [-0.1, -0.05) is 0 Å². The summed E-state index contributed by atoms with van der Waals surface area (Å²) in [5.41, 5.74) is -0.575. The van der Waals surface area contributed by atoms with Gasteiger partial charge in [0.25, 0.3) is 0 Å². The third-order valence-electron chi connectivity index (χ3n) is 2.04. The maximum atomic E-state index is 11.5. The highest BCUT2D eigenvalue weighted by atomic mass is 35.5. The lowest BCUT2D eigenvalue weighted by Crippen LogP contribution is -2.31. The standard InChI is InChI=1S/C7H9ClN2O4S/c1-4-5(2)10(15(3,13)14)7(12)9(4)6(8)11/h1-3H3. The molecule has 1 rings (SSSR count). The van der Waals surface area contributed by atoms with Crippen molar-refractivity contribution in [3.63, 3.8) is 0 Å². The van der Waals surface area contributed by atoms with E-state index in [4.69, 9.17) is 11.6 Å². The maximum Gasteiger partial charge on any atom is 0.350 e. The van der Waals surface area contributed by atoms with Crippen LogP contribution in [-0.2, 0) is 10.0 Å². The minimum atomic E-state index is -3.73. The average molecular weight is 253 g/mol. The van der Waals surface area contributed by atoms with Crippen molar-refractivity contribution in [2.24, 2.45) is 0 Å². The summed E-state index contributed by atoms with van der Waals surface area (Å²) in [7, 11) is -3.73. The Morgan fingerprint density at radius 2 is 1.73 bits per heavy atom. The Labute approximate surface area is 91.1 Å². The summed E-state index contributed by atoms with van der Waals surface area (Å²) in [6.07, 6.45) is 0.879. The molecule has 0 amide bonds. The molecule has 1 aromatic heterocycles. The van der Waals surface area contributed by atoms with Crippen molar-refractivity contribution in [1.82, 2.24) is 8.54 Å². The molecule has 0 atom stereocenters. The van der Waals surface area contributed by atoms with E-state index in [1.807, 2.05) is 0 Å². The SMILES string of the molecule is Cc1c(C)n(S(C)(=O)=O)c(=O)n1C(=O)Cl. The Bertz CT molecular complexity index is 581. The van der Waals surface area contributed by atoms with Crippen LogP contribution in [0.5, 0.6) is 0 Å². The van der Waals surface area contributed by atoms with E-state index < -0.39 is 21.1 Å². The zero-order chi connectivity index (χ0) is 12.0. The molecule has 0 aliphatic carbocycles. The van der Waals surface area contributed by atoms with Crippen molar-refractivity contribution >= 4 is 27.0 Å². The van der Waals surface area contributed by atoms with Crippen LogP contribution in [0.4, 0.5) is 4.79 Å². The highest BCUT2D eigenvalue weighted by Gasteiger charge is 2.22. The van der Waals surface area contributed by atoms with Crippen molar-refractivity contribution in [1.29, 1.82) is 0 Å². The molecule has 0 radical (unpaired) electrons. The van der Waals surface area contributed by atoms with Gasteiger partial charge in [0.05, 0.1) is 11.9 Å². The predicted octanol–water partition coefficient (Wildman–Crippen LogP) is 0.281. The first-order valence-corrected chi connectivity index (χ1v) is 6.12. The summed E-state index contributed by atoms with van der Waals surface area (Å²) < 4.78 is 23.7. The summed E-state index contributed by atoms with van der Waals surface area (Å²) in [5.74, 6) is 0. The van der Waals surface area contributed by atoms with Crippen molar-refractivity contribution in [3.05, 3.63) is 21.9 Å². The quantitative estimate of drug-likeness (QED) is 0.673. The molecule has 84 valence electrons. The molecule has 0 N–H and O–H groups in total. The normalized spacial score (nSPS) is 11.7. The molecule has 1 aromatic rings. The van der Waals surface area contributed by atoms with Gasteiger partial charge in [0.2, 0.25) is 10.0 Å². The molecule has 0 bridgehead atoms. The minimum absolute atomic E-state index is 0.177. The first kappa shape index (κ1) is 12.0. The average Bonchev–Trinajstić information content (AvgIpc) is 2.21. The highest BCUT2D eigenvalue weighted by Crippen LogP contribution is 2.08. The van der Waals surface area contributed by atoms with Gasteiger partial charge in [0, 0.05) is 5.69 Å². The van der Waals surface area contributed by atoms with Crippen LogP contribution in [0.25, 0.3) is 0 Å². The monoisotopic (exact) mass is 252 g/mol. The number of halogens is 1. The molecule has 0 saturated heterocycles. The van der Waals surface area contributed by atoms with Crippen LogP contribution in [-0.4, -0.2) is 28.6 Å². The van der Waals surface area contributed by atoms with Crippen LogP contribution in [0.2, 0.25) is 0 Å². The number of rotatable bonds is 1. The summed E-state index contributed by atoms with van der Waals surface area (Å²) in [4.78, 5) is 22.4. The lowest BCUT2D eigenvalue weighted by atomic mass is 10.4. The number of hydrogen-bond acceptors (Lipinski definition) is 4. The summed E-state index contributed by atoms with van der Waals surface area (Å²) >= 11 is 5.17. The summed E-state index contributed by atoms with van der Waals surface area (Å²) in [6, 6.07) is 0. The molecular weight excluding hydrogens is 244 g/mol. The lowest BCUT2D eigenvalue weighted by Gasteiger charge is -1.98. The molecule has 0 aliphatic heterocycles.